The van der Waals surface area contributed by atoms with Gasteiger partial charge in [-0.1, -0.05) is 172 Å². The van der Waals surface area contributed by atoms with Crippen LogP contribution in [0.1, 0.15) is 26.3 Å². The molecule has 0 saturated heterocycles. The SMILES string of the molecule is CC(C)(C)c1ccc(-n2c(-c3ccc(N(c4ccc(-c5ccc6c(c5)c5ccccc5n6-c5ccccc5)cc4)c4ccc(N(c5ccccc5)c5ccccc5)cc4)cc3)nc3c4ccccc4nc(-c4ccccc4)c32)cc1. The van der Waals surface area contributed by atoms with Crippen molar-refractivity contribution in [1.29, 1.82) is 0 Å². The van der Waals surface area contributed by atoms with Gasteiger partial charge < -0.3 is 14.4 Å². The molecule has 0 unspecified atom stereocenters. The zero-order valence-electron chi connectivity index (χ0n) is 44.8. The predicted molar refractivity (Wildman–Crippen MR) is 335 cm³/mol. The smallest absolute Gasteiger partial charge is 0.145 e. The maximum absolute atomic E-state index is 5.61. The molecular weight excluding hydrogens is 973 g/mol. The van der Waals surface area contributed by atoms with E-state index in [4.69, 9.17) is 9.97 Å². The van der Waals surface area contributed by atoms with Gasteiger partial charge >= 0.3 is 0 Å². The van der Waals surface area contributed by atoms with E-state index >= 15 is 0 Å². The molecular formula is C74H56N6. The highest BCUT2D eigenvalue weighted by Crippen LogP contribution is 2.43. The van der Waals surface area contributed by atoms with Crippen LogP contribution in [0.4, 0.5) is 34.1 Å². The largest absolute Gasteiger partial charge is 0.311 e. The van der Waals surface area contributed by atoms with E-state index in [0.29, 0.717) is 0 Å². The first kappa shape index (κ1) is 48.1. The molecule has 0 radical (unpaired) electrons. The molecule has 382 valence electrons. The van der Waals surface area contributed by atoms with Gasteiger partial charge in [-0.2, -0.15) is 0 Å². The molecule has 14 aromatic rings. The number of nitrogens with zero attached hydrogens (tertiary/aromatic N) is 6. The van der Waals surface area contributed by atoms with Crippen molar-refractivity contribution >= 4 is 77.9 Å². The van der Waals surface area contributed by atoms with Crippen molar-refractivity contribution in [1.82, 2.24) is 19.1 Å². The topological polar surface area (TPSA) is 42.1 Å². The van der Waals surface area contributed by atoms with Crippen molar-refractivity contribution in [2.75, 3.05) is 9.80 Å². The molecule has 0 aliphatic rings. The fourth-order valence-corrected chi connectivity index (χ4v) is 11.5. The van der Waals surface area contributed by atoms with Crippen molar-refractivity contribution in [2.24, 2.45) is 0 Å². The summed E-state index contributed by atoms with van der Waals surface area (Å²) in [7, 11) is 0. The molecule has 3 heterocycles. The van der Waals surface area contributed by atoms with Crippen LogP contribution in [0.2, 0.25) is 0 Å². The number of imidazole rings is 1. The van der Waals surface area contributed by atoms with E-state index in [1.807, 2.05) is 0 Å². The highest BCUT2D eigenvalue weighted by atomic mass is 15.2. The van der Waals surface area contributed by atoms with Gasteiger partial charge in [-0.15, -0.1) is 0 Å². The number of fused-ring (bicyclic) bond motifs is 6. The number of para-hydroxylation sites is 5. The Balaban J connectivity index is 0.903. The molecule has 0 N–H and O–H groups in total. The van der Waals surface area contributed by atoms with Crippen molar-refractivity contribution in [3.8, 4) is 45.1 Å². The van der Waals surface area contributed by atoms with Crippen LogP contribution in [0, 0.1) is 0 Å². The van der Waals surface area contributed by atoms with Gasteiger partial charge in [0.15, 0.2) is 0 Å². The van der Waals surface area contributed by atoms with E-state index in [0.717, 1.165) is 101 Å². The van der Waals surface area contributed by atoms with Crippen LogP contribution >= 0.6 is 0 Å². The zero-order chi connectivity index (χ0) is 53.7. The van der Waals surface area contributed by atoms with E-state index in [2.05, 4.69) is 325 Å². The van der Waals surface area contributed by atoms with Crippen LogP contribution in [0.3, 0.4) is 0 Å². The van der Waals surface area contributed by atoms with Crippen molar-refractivity contribution in [3.05, 3.63) is 291 Å². The average Bonchev–Trinajstić information content (AvgIpc) is 4.21. The van der Waals surface area contributed by atoms with Gasteiger partial charge in [-0.25, -0.2) is 9.97 Å². The predicted octanol–water partition coefficient (Wildman–Crippen LogP) is 19.9. The Labute approximate surface area is 466 Å². The van der Waals surface area contributed by atoms with Crippen LogP contribution in [-0.4, -0.2) is 19.1 Å². The first-order chi connectivity index (χ1) is 39.3. The summed E-state index contributed by atoms with van der Waals surface area (Å²) in [6, 6.07) is 102. The van der Waals surface area contributed by atoms with E-state index in [-0.39, 0.29) is 5.41 Å². The Morgan fingerprint density at radius 2 is 0.775 bits per heavy atom. The highest BCUT2D eigenvalue weighted by Gasteiger charge is 2.24. The molecule has 11 aromatic carbocycles. The molecule has 6 nitrogen and oxygen atoms in total. The number of hydrogen-bond donors (Lipinski definition) is 0. The van der Waals surface area contributed by atoms with Gasteiger partial charge in [0.25, 0.3) is 0 Å². The summed E-state index contributed by atoms with van der Waals surface area (Å²) < 4.78 is 4.68. The summed E-state index contributed by atoms with van der Waals surface area (Å²) in [4.78, 5) is 15.6. The standard InChI is InChI=1S/C74H56N6/c1-74(2,3)55-37-43-63(44-38-55)80-72-70(52-20-8-4-9-21-52)75-67-30-18-16-29-65(67)71(72)76-73(80)53-34-41-60(42-35-53)78(62-47-45-61(46-48-62)77(56-22-10-5-11-23-56)57-24-12-6-13-25-57)59-39-32-51(33-40-59)54-36-49-69-66(50-54)64-28-17-19-31-68(64)79(69)58-26-14-7-15-27-58/h4-50H,1-3H3. The van der Waals surface area contributed by atoms with Crippen LogP contribution in [0.15, 0.2) is 285 Å². The Morgan fingerprint density at radius 3 is 1.36 bits per heavy atom. The fourth-order valence-electron chi connectivity index (χ4n) is 11.5. The third-order valence-electron chi connectivity index (χ3n) is 15.5. The summed E-state index contributed by atoms with van der Waals surface area (Å²) in [5, 5.41) is 3.47. The molecule has 0 saturated carbocycles. The first-order valence-corrected chi connectivity index (χ1v) is 27.4. The highest BCUT2D eigenvalue weighted by molar-refractivity contribution is 6.11. The lowest BCUT2D eigenvalue weighted by atomic mass is 9.87. The quantitative estimate of drug-likeness (QED) is 0.129. The molecule has 14 rings (SSSR count). The maximum Gasteiger partial charge on any atom is 0.145 e. The Hall–Kier alpha value is -10.3. The van der Waals surface area contributed by atoms with Gasteiger partial charge in [0, 0.05) is 72.8 Å². The average molecular weight is 1030 g/mol. The number of anilines is 6. The molecule has 0 aliphatic carbocycles. The van der Waals surface area contributed by atoms with Gasteiger partial charge in [0.1, 0.15) is 16.9 Å². The normalized spacial score (nSPS) is 11.7. The monoisotopic (exact) mass is 1030 g/mol. The lowest BCUT2D eigenvalue weighted by Crippen LogP contribution is -2.12. The van der Waals surface area contributed by atoms with Crippen molar-refractivity contribution < 1.29 is 0 Å². The second kappa shape index (κ2) is 19.9. The fraction of sp³-hybridized carbons (Fsp3) is 0.0541. The Morgan fingerprint density at radius 1 is 0.325 bits per heavy atom. The minimum Gasteiger partial charge on any atom is -0.311 e. The molecule has 0 fully saturated rings. The van der Waals surface area contributed by atoms with Gasteiger partial charge in [-0.05, 0) is 156 Å². The van der Waals surface area contributed by atoms with E-state index < -0.39 is 0 Å². The van der Waals surface area contributed by atoms with E-state index in [1.54, 1.807) is 0 Å². The van der Waals surface area contributed by atoms with Gasteiger partial charge in [-0.3, -0.25) is 4.57 Å². The molecule has 0 atom stereocenters. The molecule has 6 heteroatoms. The summed E-state index contributed by atoms with van der Waals surface area (Å²) in [6.07, 6.45) is 0. The molecule has 80 heavy (non-hydrogen) atoms. The number of aromatic nitrogens is 4. The molecule has 3 aromatic heterocycles. The second-order valence-electron chi connectivity index (χ2n) is 21.5. The summed E-state index contributed by atoms with van der Waals surface area (Å²) in [5.41, 5.74) is 20.2. The molecule has 0 aliphatic heterocycles. The number of rotatable bonds is 11. The van der Waals surface area contributed by atoms with Crippen LogP contribution in [0.5, 0.6) is 0 Å². The van der Waals surface area contributed by atoms with Crippen LogP contribution in [0.25, 0.3) is 88.9 Å². The van der Waals surface area contributed by atoms with Crippen LogP contribution in [-0.2, 0) is 5.41 Å². The van der Waals surface area contributed by atoms with Crippen molar-refractivity contribution in [2.45, 2.75) is 26.2 Å². The Bertz CT molecular complexity index is 4470. The van der Waals surface area contributed by atoms with E-state index in [1.165, 1.54) is 27.4 Å². The van der Waals surface area contributed by atoms with Crippen molar-refractivity contribution in [3.63, 3.8) is 0 Å². The number of hydrogen-bond acceptors (Lipinski definition) is 4. The summed E-state index contributed by atoms with van der Waals surface area (Å²) in [6.45, 7) is 6.77. The molecule has 0 spiro atoms. The minimum atomic E-state index is -0.00336. The number of benzene rings is 11. The van der Waals surface area contributed by atoms with E-state index in [9.17, 15) is 0 Å². The third-order valence-corrected chi connectivity index (χ3v) is 15.5. The zero-order valence-corrected chi connectivity index (χ0v) is 44.8. The molecule has 0 amide bonds. The molecule has 0 bridgehead atoms. The lowest BCUT2D eigenvalue weighted by Gasteiger charge is -2.28. The third kappa shape index (κ3) is 8.64. The van der Waals surface area contributed by atoms with Gasteiger partial charge in [0.05, 0.1) is 22.2 Å². The lowest BCUT2D eigenvalue weighted by molar-refractivity contribution is 0.590. The second-order valence-corrected chi connectivity index (χ2v) is 21.5. The minimum absolute atomic E-state index is 0.00336. The summed E-state index contributed by atoms with van der Waals surface area (Å²) in [5.74, 6) is 0.844. The van der Waals surface area contributed by atoms with Gasteiger partial charge in [0.2, 0.25) is 0 Å². The summed E-state index contributed by atoms with van der Waals surface area (Å²) >= 11 is 0. The van der Waals surface area contributed by atoms with Crippen LogP contribution < -0.4 is 9.80 Å². The first-order valence-electron chi connectivity index (χ1n) is 27.4. The Kier molecular flexibility index (Phi) is 12.0. The number of pyridine rings is 1. The maximum atomic E-state index is 5.61.